The second-order valence-corrected chi connectivity index (χ2v) is 4.46. The smallest absolute Gasteiger partial charge is 0.341 e. The first-order chi connectivity index (χ1) is 9.31. The van der Waals surface area contributed by atoms with Crippen LogP contribution >= 0.6 is 0 Å². The van der Waals surface area contributed by atoms with E-state index in [9.17, 15) is 14.4 Å². The fourth-order valence-corrected chi connectivity index (χ4v) is 2.04. The van der Waals surface area contributed by atoms with Crippen molar-refractivity contribution in [2.45, 2.75) is 20.8 Å². The van der Waals surface area contributed by atoms with E-state index >= 15 is 0 Å². The Morgan fingerprint density at radius 1 is 1.35 bits per heavy atom. The largest absolute Gasteiger partial charge is 0.477 e. The zero-order chi connectivity index (χ0) is 15.0. The van der Waals surface area contributed by atoms with Gasteiger partial charge in [-0.1, -0.05) is 0 Å². The quantitative estimate of drug-likeness (QED) is 0.762. The van der Waals surface area contributed by atoms with Gasteiger partial charge in [0.2, 0.25) is 5.91 Å². The van der Waals surface area contributed by atoms with Gasteiger partial charge < -0.3 is 15.4 Å². The number of aromatic carboxylic acids is 1. The lowest BCUT2D eigenvalue weighted by Gasteiger charge is -2.12. The summed E-state index contributed by atoms with van der Waals surface area (Å²) >= 11 is 0. The summed E-state index contributed by atoms with van der Waals surface area (Å²) in [6, 6.07) is 1.27. The summed E-state index contributed by atoms with van der Waals surface area (Å²) in [6.07, 6.45) is 0. The van der Waals surface area contributed by atoms with Gasteiger partial charge in [0.05, 0.1) is 11.4 Å². The van der Waals surface area contributed by atoms with Crippen LogP contribution in [0.4, 0.5) is 5.69 Å². The molecule has 0 saturated carbocycles. The van der Waals surface area contributed by atoms with Gasteiger partial charge in [0.25, 0.3) is 5.56 Å². The number of hydrogen-bond acceptors (Lipinski definition) is 4. The summed E-state index contributed by atoms with van der Waals surface area (Å²) in [6.45, 7) is 4.80. The zero-order valence-electron chi connectivity index (χ0n) is 11.2. The van der Waals surface area contributed by atoms with Gasteiger partial charge in [0.15, 0.2) is 0 Å². The van der Waals surface area contributed by atoms with Gasteiger partial charge in [-0.15, -0.1) is 0 Å². The first kappa shape index (κ1) is 13.7. The minimum absolute atomic E-state index is 0.250. The van der Waals surface area contributed by atoms with Crippen molar-refractivity contribution in [1.82, 2.24) is 9.97 Å². The van der Waals surface area contributed by atoms with E-state index in [1.165, 1.54) is 13.0 Å². The van der Waals surface area contributed by atoms with Gasteiger partial charge in [0, 0.05) is 12.3 Å². The third-order valence-electron chi connectivity index (χ3n) is 2.97. The van der Waals surface area contributed by atoms with Crippen LogP contribution in [0, 0.1) is 13.8 Å². The normalized spacial score (nSPS) is 10.6. The van der Waals surface area contributed by atoms with E-state index < -0.39 is 11.5 Å². The van der Waals surface area contributed by atoms with Gasteiger partial charge in [-0.3, -0.25) is 9.59 Å². The molecule has 7 nitrogen and oxygen atoms in total. The van der Waals surface area contributed by atoms with Crippen molar-refractivity contribution in [2.24, 2.45) is 0 Å². The molecule has 2 rings (SSSR count). The van der Waals surface area contributed by atoms with Crippen LogP contribution in [0.1, 0.15) is 28.5 Å². The number of amides is 1. The van der Waals surface area contributed by atoms with Crippen LogP contribution in [0.25, 0.3) is 11.0 Å². The summed E-state index contributed by atoms with van der Waals surface area (Å²) in [7, 11) is 0. The molecule has 20 heavy (non-hydrogen) atoms. The van der Waals surface area contributed by atoms with E-state index in [0.29, 0.717) is 28.0 Å². The number of H-pyrrole nitrogens is 1. The number of aromatic nitrogens is 2. The SMILES string of the molecule is CC(=O)Nc1c(C)nc2[nH]c(=O)c(C(=O)O)cc2c1C. The number of pyridine rings is 2. The number of rotatable bonds is 2. The molecule has 104 valence electrons. The van der Waals surface area contributed by atoms with E-state index in [1.54, 1.807) is 13.8 Å². The monoisotopic (exact) mass is 275 g/mol. The average Bonchev–Trinajstić information content (AvgIpc) is 2.33. The number of nitrogens with zero attached hydrogens (tertiary/aromatic N) is 1. The zero-order valence-corrected chi connectivity index (χ0v) is 11.2. The van der Waals surface area contributed by atoms with Crippen LogP contribution in [0.3, 0.4) is 0 Å². The molecular formula is C13H13N3O4. The first-order valence-corrected chi connectivity index (χ1v) is 5.86. The molecule has 2 aromatic rings. The molecule has 0 radical (unpaired) electrons. The second-order valence-electron chi connectivity index (χ2n) is 4.46. The lowest BCUT2D eigenvalue weighted by molar-refractivity contribution is -0.114. The topological polar surface area (TPSA) is 112 Å². The number of fused-ring (bicyclic) bond motifs is 1. The number of anilines is 1. The molecule has 0 atom stereocenters. The fourth-order valence-electron chi connectivity index (χ4n) is 2.04. The maximum atomic E-state index is 11.6. The number of aryl methyl sites for hydroxylation is 2. The van der Waals surface area contributed by atoms with Crippen LogP contribution in [0.15, 0.2) is 10.9 Å². The Balaban J connectivity index is 2.82. The summed E-state index contributed by atoms with van der Waals surface area (Å²) in [4.78, 5) is 40.4. The molecule has 0 aliphatic rings. The molecule has 3 N–H and O–H groups in total. The number of carboxylic acid groups (broad SMARTS) is 1. The van der Waals surface area contributed by atoms with Crippen LogP contribution in [0.5, 0.6) is 0 Å². The fraction of sp³-hybridized carbons (Fsp3) is 0.231. The maximum Gasteiger partial charge on any atom is 0.341 e. The highest BCUT2D eigenvalue weighted by Crippen LogP contribution is 2.25. The van der Waals surface area contributed by atoms with E-state index in [0.717, 1.165) is 0 Å². The highest BCUT2D eigenvalue weighted by molar-refractivity contribution is 5.97. The molecule has 0 spiro atoms. The lowest BCUT2D eigenvalue weighted by atomic mass is 10.1. The van der Waals surface area contributed by atoms with Crippen molar-refractivity contribution in [2.75, 3.05) is 5.32 Å². The molecule has 0 aliphatic heterocycles. The Labute approximate surface area is 113 Å². The Bertz CT molecular complexity index is 792. The Morgan fingerprint density at radius 2 is 2.00 bits per heavy atom. The number of hydrogen-bond donors (Lipinski definition) is 3. The van der Waals surface area contributed by atoms with Crippen LogP contribution in [-0.2, 0) is 4.79 Å². The summed E-state index contributed by atoms with van der Waals surface area (Å²) in [5.74, 6) is -1.56. The van der Waals surface area contributed by atoms with Crippen molar-refractivity contribution in [3.05, 3.63) is 33.2 Å². The van der Waals surface area contributed by atoms with Crippen molar-refractivity contribution < 1.29 is 14.7 Å². The molecule has 0 saturated heterocycles. The molecule has 2 heterocycles. The molecule has 1 amide bonds. The number of carbonyl (C=O) groups excluding carboxylic acids is 1. The number of carbonyl (C=O) groups is 2. The molecular weight excluding hydrogens is 262 g/mol. The van der Waals surface area contributed by atoms with Gasteiger partial charge in [-0.05, 0) is 25.5 Å². The number of nitrogens with one attached hydrogen (secondary N) is 2. The molecule has 0 unspecified atom stereocenters. The minimum atomic E-state index is -1.31. The maximum absolute atomic E-state index is 11.6. The van der Waals surface area contributed by atoms with Crippen LogP contribution in [-0.4, -0.2) is 27.0 Å². The third kappa shape index (κ3) is 2.25. The molecule has 0 aromatic carbocycles. The second kappa shape index (κ2) is 4.76. The van der Waals surface area contributed by atoms with Crippen molar-refractivity contribution in [1.29, 1.82) is 0 Å². The lowest BCUT2D eigenvalue weighted by Crippen LogP contribution is -2.18. The molecule has 7 heteroatoms. The van der Waals surface area contributed by atoms with Gasteiger partial charge >= 0.3 is 5.97 Å². The van der Waals surface area contributed by atoms with Crippen molar-refractivity contribution in [3.8, 4) is 0 Å². The molecule has 2 aromatic heterocycles. The molecule has 0 bridgehead atoms. The van der Waals surface area contributed by atoms with Crippen LogP contribution in [0.2, 0.25) is 0 Å². The van der Waals surface area contributed by atoms with Crippen LogP contribution < -0.4 is 10.9 Å². The molecule has 0 fully saturated rings. The highest BCUT2D eigenvalue weighted by Gasteiger charge is 2.15. The minimum Gasteiger partial charge on any atom is -0.477 e. The Hall–Kier alpha value is -2.70. The van der Waals surface area contributed by atoms with E-state index in [1.807, 2.05) is 0 Å². The van der Waals surface area contributed by atoms with E-state index in [2.05, 4.69) is 15.3 Å². The average molecular weight is 275 g/mol. The summed E-state index contributed by atoms with van der Waals surface area (Å²) < 4.78 is 0. The van der Waals surface area contributed by atoms with Crippen molar-refractivity contribution >= 4 is 28.6 Å². The van der Waals surface area contributed by atoms with Gasteiger partial charge in [0.1, 0.15) is 11.2 Å². The standard InChI is InChI=1S/C13H13N3O4/c1-5-8-4-9(13(19)20)12(18)16-11(8)14-6(2)10(5)15-7(3)17/h4H,1-3H3,(H,15,17)(H,19,20)(H,14,16,18). The summed E-state index contributed by atoms with van der Waals surface area (Å²) in [5, 5.41) is 12.1. The summed E-state index contributed by atoms with van der Waals surface area (Å²) in [5.41, 5.74) is 0.950. The predicted molar refractivity (Wildman–Crippen MR) is 73.1 cm³/mol. The Kier molecular flexibility index (Phi) is 3.27. The third-order valence-corrected chi connectivity index (χ3v) is 2.97. The van der Waals surface area contributed by atoms with E-state index in [4.69, 9.17) is 5.11 Å². The van der Waals surface area contributed by atoms with E-state index in [-0.39, 0.29) is 11.5 Å². The highest BCUT2D eigenvalue weighted by atomic mass is 16.4. The van der Waals surface area contributed by atoms with Gasteiger partial charge in [-0.25, -0.2) is 9.78 Å². The predicted octanol–water partition coefficient (Wildman–Crippen LogP) is 1.20. The molecule has 0 aliphatic carbocycles. The first-order valence-electron chi connectivity index (χ1n) is 5.86. The van der Waals surface area contributed by atoms with Gasteiger partial charge in [-0.2, -0.15) is 0 Å². The number of aromatic amines is 1. The van der Waals surface area contributed by atoms with Crippen molar-refractivity contribution in [3.63, 3.8) is 0 Å². The number of carboxylic acids is 1. The Morgan fingerprint density at radius 3 is 2.55 bits per heavy atom.